The van der Waals surface area contributed by atoms with Crippen molar-refractivity contribution in [2.45, 2.75) is 19.1 Å². The van der Waals surface area contributed by atoms with Gasteiger partial charge in [0.15, 0.2) is 6.23 Å². The number of hydrogen-bond acceptors (Lipinski definition) is 4. The summed E-state index contributed by atoms with van der Waals surface area (Å²) in [5.74, 6) is 0.605. The van der Waals surface area contributed by atoms with Crippen LogP contribution in [-0.4, -0.2) is 31.0 Å². The lowest BCUT2D eigenvalue weighted by Gasteiger charge is -2.36. The fraction of sp³-hybridized carbons (Fsp3) is 0.500. The first kappa shape index (κ1) is 13.1. The molecule has 1 aliphatic heterocycles. The molecule has 1 fully saturated rings. The molecule has 1 atom stereocenters. The summed E-state index contributed by atoms with van der Waals surface area (Å²) in [6.45, 7) is 3.13. The van der Waals surface area contributed by atoms with Gasteiger partial charge in [-0.2, -0.15) is 0 Å². The van der Waals surface area contributed by atoms with E-state index in [-0.39, 0.29) is 6.23 Å². The number of benzene rings is 1. The van der Waals surface area contributed by atoms with E-state index in [0.717, 1.165) is 38.0 Å². The van der Waals surface area contributed by atoms with Gasteiger partial charge in [-0.3, -0.25) is 9.69 Å². The summed E-state index contributed by atoms with van der Waals surface area (Å²) in [4.78, 5) is 12.9. The fourth-order valence-electron chi connectivity index (χ4n) is 2.47. The SMILES string of the molecule is NCC1CCN(C(OC=O)c2ccccc2)CC1. The van der Waals surface area contributed by atoms with Gasteiger partial charge >= 0.3 is 0 Å². The molecule has 0 amide bonds. The van der Waals surface area contributed by atoms with Crippen LogP contribution in [0.3, 0.4) is 0 Å². The summed E-state index contributed by atoms with van der Waals surface area (Å²) in [5.41, 5.74) is 6.71. The molecule has 4 heteroatoms. The topological polar surface area (TPSA) is 55.6 Å². The number of nitrogens with two attached hydrogens (primary N) is 1. The van der Waals surface area contributed by atoms with E-state index in [1.165, 1.54) is 0 Å². The summed E-state index contributed by atoms with van der Waals surface area (Å²) >= 11 is 0. The zero-order valence-electron chi connectivity index (χ0n) is 10.5. The predicted molar refractivity (Wildman–Crippen MR) is 69.7 cm³/mol. The van der Waals surface area contributed by atoms with Crippen molar-refractivity contribution >= 4 is 6.47 Å². The van der Waals surface area contributed by atoms with Crippen molar-refractivity contribution in [3.8, 4) is 0 Å². The quantitative estimate of drug-likeness (QED) is 0.803. The smallest absolute Gasteiger partial charge is 0.294 e. The van der Waals surface area contributed by atoms with Crippen LogP contribution in [0.25, 0.3) is 0 Å². The Hall–Kier alpha value is -1.39. The highest BCUT2D eigenvalue weighted by molar-refractivity contribution is 5.38. The normalized spacial score (nSPS) is 19.4. The number of ether oxygens (including phenoxy) is 1. The first-order valence-corrected chi connectivity index (χ1v) is 6.43. The van der Waals surface area contributed by atoms with Crippen LogP contribution in [0.1, 0.15) is 24.6 Å². The standard InChI is InChI=1S/C14H20N2O2/c15-10-12-6-8-16(9-7-12)14(18-11-17)13-4-2-1-3-5-13/h1-5,11-12,14H,6-10,15H2. The maximum atomic E-state index is 10.7. The van der Waals surface area contributed by atoms with Crippen LogP contribution in [0, 0.1) is 5.92 Å². The third kappa shape index (κ3) is 3.09. The Morgan fingerprint density at radius 2 is 2.00 bits per heavy atom. The molecule has 1 heterocycles. The number of likely N-dealkylation sites (tertiary alicyclic amines) is 1. The second-order valence-corrected chi connectivity index (χ2v) is 4.71. The van der Waals surface area contributed by atoms with Crippen LogP contribution in [-0.2, 0) is 9.53 Å². The van der Waals surface area contributed by atoms with Crippen molar-refractivity contribution in [1.29, 1.82) is 0 Å². The van der Waals surface area contributed by atoms with Crippen molar-refractivity contribution in [3.63, 3.8) is 0 Å². The van der Waals surface area contributed by atoms with E-state index in [0.29, 0.717) is 12.4 Å². The summed E-state index contributed by atoms with van der Waals surface area (Å²) in [7, 11) is 0. The van der Waals surface area contributed by atoms with Crippen molar-refractivity contribution < 1.29 is 9.53 Å². The Bertz CT molecular complexity index is 361. The molecule has 0 aromatic heterocycles. The Labute approximate surface area is 108 Å². The molecule has 18 heavy (non-hydrogen) atoms. The molecule has 1 saturated heterocycles. The second-order valence-electron chi connectivity index (χ2n) is 4.71. The van der Waals surface area contributed by atoms with Gasteiger partial charge < -0.3 is 10.5 Å². The zero-order valence-corrected chi connectivity index (χ0v) is 10.5. The molecule has 0 bridgehead atoms. The monoisotopic (exact) mass is 248 g/mol. The van der Waals surface area contributed by atoms with Crippen molar-refractivity contribution in [2.75, 3.05) is 19.6 Å². The van der Waals surface area contributed by atoms with Crippen LogP contribution >= 0.6 is 0 Å². The van der Waals surface area contributed by atoms with Crippen LogP contribution < -0.4 is 5.73 Å². The maximum Gasteiger partial charge on any atom is 0.294 e. The maximum absolute atomic E-state index is 10.7. The van der Waals surface area contributed by atoms with E-state index in [1.807, 2.05) is 30.3 Å². The number of piperidine rings is 1. The highest BCUT2D eigenvalue weighted by Gasteiger charge is 2.26. The largest absolute Gasteiger partial charge is 0.444 e. The van der Waals surface area contributed by atoms with Gasteiger partial charge in [0, 0.05) is 18.7 Å². The summed E-state index contributed by atoms with van der Waals surface area (Å²) < 4.78 is 5.25. The Kier molecular flexibility index (Phi) is 4.73. The van der Waals surface area contributed by atoms with Crippen LogP contribution in [0.2, 0.25) is 0 Å². The molecule has 0 saturated carbocycles. The van der Waals surface area contributed by atoms with Gasteiger partial charge in [0.2, 0.25) is 0 Å². The molecule has 0 radical (unpaired) electrons. The molecule has 98 valence electrons. The molecule has 0 aliphatic carbocycles. The third-order valence-corrected chi connectivity index (χ3v) is 3.58. The molecule has 1 aromatic carbocycles. The average Bonchev–Trinajstić information content (AvgIpc) is 2.46. The lowest BCUT2D eigenvalue weighted by Crippen LogP contribution is -2.39. The van der Waals surface area contributed by atoms with E-state index in [1.54, 1.807) is 0 Å². The molecule has 1 aliphatic rings. The third-order valence-electron chi connectivity index (χ3n) is 3.58. The van der Waals surface area contributed by atoms with E-state index in [4.69, 9.17) is 10.5 Å². The van der Waals surface area contributed by atoms with Gasteiger partial charge in [-0.1, -0.05) is 30.3 Å². The fourth-order valence-corrected chi connectivity index (χ4v) is 2.47. The number of nitrogens with zero attached hydrogens (tertiary/aromatic N) is 1. The predicted octanol–water partition coefficient (Wildman–Crippen LogP) is 1.53. The van der Waals surface area contributed by atoms with Crippen molar-refractivity contribution in [1.82, 2.24) is 4.90 Å². The van der Waals surface area contributed by atoms with E-state index in [2.05, 4.69) is 4.90 Å². The van der Waals surface area contributed by atoms with Crippen LogP contribution in [0.5, 0.6) is 0 Å². The van der Waals surface area contributed by atoms with Crippen molar-refractivity contribution in [3.05, 3.63) is 35.9 Å². The molecule has 0 spiro atoms. The Morgan fingerprint density at radius 1 is 1.33 bits per heavy atom. The Balaban J connectivity index is 2.05. The van der Waals surface area contributed by atoms with Crippen LogP contribution in [0.15, 0.2) is 30.3 Å². The van der Waals surface area contributed by atoms with Gasteiger partial charge in [0.05, 0.1) is 0 Å². The minimum absolute atomic E-state index is 0.262. The average molecular weight is 248 g/mol. The van der Waals surface area contributed by atoms with Gasteiger partial charge in [-0.25, -0.2) is 0 Å². The first-order valence-electron chi connectivity index (χ1n) is 6.43. The first-order chi connectivity index (χ1) is 8.85. The minimum atomic E-state index is -0.262. The number of carbonyl (C=O) groups is 1. The second kappa shape index (κ2) is 6.52. The minimum Gasteiger partial charge on any atom is -0.444 e. The van der Waals surface area contributed by atoms with Crippen molar-refractivity contribution in [2.24, 2.45) is 11.7 Å². The molecule has 2 N–H and O–H groups in total. The van der Waals surface area contributed by atoms with E-state index < -0.39 is 0 Å². The number of rotatable bonds is 5. The lowest BCUT2D eigenvalue weighted by atomic mass is 9.96. The lowest BCUT2D eigenvalue weighted by molar-refractivity contribution is -0.146. The molecule has 4 nitrogen and oxygen atoms in total. The zero-order chi connectivity index (χ0) is 12.8. The Morgan fingerprint density at radius 3 is 2.56 bits per heavy atom. The molecule has 1 unspecified atom stereocenters. The van der Waals surface area contributed by atoms with Gasteiger partial charge in [0.1, 0.15) is 0 Å². The molecule has 2 rings (SSSR count). The summed E-state index contributed by atoms with van der Waals surface area (Å²) in [5, 5.41) is 0. The van der Waals surface area contributed by atoms with Gasteiger partial charge in [-0.15, -0.1) is 0 Å². The van der Waals surface area contributed by atoms with E-state index in [9.17, 15) is 4.79 Å². The molecule has 1 aromatic rings. The van der Waals surface area contributed by atoms with Gasteiger partial charge in [-0.05, 0) is 25.3 Å². The number of hydrogen-bond donors (Lipinski definition) is 1. The molecular formula is C14H20N2O2. The van der Waals surface area contributed by atoms with Gasteiger partial charge in [0.25, 0.3) is 6.47 Å². The highest BCUT2D eigenvalue weighted by Crippen LogP contribution is 2.26. The summed E-state index contributed by atoms with van der Waals surface area (Å²) in [6, 6.07) is 9.86. The molecular weight excluding hydrogens is 228 g/mol. The van der Waals surface area contributed by atoms with Crippen LogP contribution in [0.4, 0.5) is 0 Å². The summed E-state index contributed by atoms with van der Waals surface area (Å²) in [6.07, 6.45) is 1.88. The highest BCUT2D eigenvalue weighted by atomic mass is 16.5. The number of carbonyl (C=O) groups excluding carboxylic acids is 1. The van der Waals surface area contributed by atoms with E-state index >= 15 is 0 Å².